The van der Waals surface area contributed by atoms with Gasteiger partial charge in [-0.15, -0.1) is 11.3 Å². The van der Waals surface area contributed by atoms with Gasteiger partial charge in [0, 0.05) is 73.5 Å². The fourth-order valence-electron chi connectivity index (χ4n) is 5.34. The summed E-state index contributed by atoms with van der Waals surface area (Å²) >= 11 is 1.77. The van der Waals surface area contributed by atoms with E-state index in [0.717, 1.165) is 84.1 Å². The standard InChI is InChI=1S/C27H34N8O2S/c1-17-14-20-19(4-5-29-20)22(30-17)24-31-21-15-18(38-23(21)25(32-24)34-10-12-37-13-11-34)16-33-6-8-35(9-7-33)27(2,3)26(28)36/h4-5,14-15,29H,6-13,16H2,1-3H3,(H2,28,36). The molecular weight excluding hydrogens is 500 g/mol. The number of thiophene rings is 1. The first kappa shape index (κ1) is 25.2. The Morgan fingerprint density at radius 3 is 2.61 bits per heavy atom. The summed E-state index contributed by atoms with van der Waals surface area (Å²) in [5, 5.41) is 1.02. The zero-order valence-corrected chi connectivity index (χ0v) is 23.0. The molecule has 0 radical (unpaired) electrons. The molecule has 3 N–H and O–H groups in total. The number of rotatable bonds is 6. The average molecular weight is 535 g/mol. The lowest BCUT2D eigenvalue weighted by Crippen LogP contribution is -2.59. The Morgan fingerprint density at radius 1 is 1.11 bits per heavy atom. The van der Waals surface area contributed by atoms with Crippen molar-refractivity contribution in [2.75, 3.05) is 57.4 Å². The van der Waals surface area contributed by atoms with Crippen molar-refractivity contribution >= 4 is 44.2 Å². The predicted molar refractivity (Wildman–Crippen MR) is 150 cm³/mol. The van der Waals surface area contributed by atoms with Crippen LogP contribution in [0.5, 0.6) is 0 Å². The van der Waals surface area contributed by atoms with Gasteiger partial charge >= 0.3 is 0 Å². The molecule has 0 saturated carbocycles. The molecule has 2 fully saturated rings. The number of carbonyl (C=O) groups is 1. The van der Waals surface area contributed by atoms with Crippen LogP contribution in [0.2, 0.25) is 0 Å². The molecule has 0 bridgehead atoms. The second kappa shape index (κ2) is 9.88. The smallest absolute Gasteiger partial charge is 0.237 e. The van der Waals surface area contributed by atoms with Crippen LogP contribution in [0, 0.1) is 6.92 Å². The predicted octanol–water partition coefficient (Wildman–Crippen LogP) is 2.76. The second-order valence-corrected chi connectivity index (χ2v) is 11.8. The number of aromatic amines is 1. The third-order valence-electron chi connectivity index (χ3n) is 7.75. The highest BCUT2D eigenvalue weighted by molar-refractivity contribution is 7.19. The molecule has 4 aromatic rings. The molecule has 6 heterocycles. The lowest BCUT2D eigenvalue weighted by molar-refractivity contribution is -0.129. The monoisotopic (exact) mass is 534 g/mol. The Balaban J connectivity index is 1.33. The molecule has 2 aliphatic rings. The van der Waals surface area contributed by atoms with Crippen LogP contribution in [0.1, 0.15) is 24.4 Å². The van der Waals surface area contributed by atoms with E-state index in [4.69, 9.17) is 25.4 Å². The number of piperazine rings is 1. The molecule has 0 aromatic carbocycles. The van der Waals surface area contributed by atoms with Gasteiger partial charge in [0.2, 0.25) is 5.91 Å². The maximum absolute atomic E-state index is 11.9. The number of H-pyrrole nitrogens is 1. The van der Waals surface area contributed by atoms with Crippen LogP contribution >= 0.6 is 11.3 Å². The van der Waals surface area contributed by atoms with Gasteiger partial charge in [0.15, 0.2) is 11.6 Å². The number of pyridine rings is 1. The molecule has 38 heavy (non-hydrogen) atoms. The van der Waals surface area contributed by atoms with Crippen molar-refractivity contribution in [3.05, 3.63) is 35.0 Å². The number of nitrogens with one attached hydrogen (secondary N) is 1. The maximum Gasteiger partial charge on any atom is 0.237 e. The first-order valence-electron chi connectivity index (χ1n) is 13.1. The maximum atomic E-state index is 11.9. The van der Waals surface area contributed by atoms with Gasteiger partial charge in [0.05, 0.1) is 29.0 Å². The van der Waals surface area contributed by atoms with Gasteiger partial charge in [0.1, 0.15) is 5.69 Å². The van der Waals surface area contributed by atoms with Gasteiger partial charge in [-0.1, -0.05) is 0 Å². The van der Waals surface area contributed by atoms with E-state index >= 15 is 0 Å². The van der Waals surface area contributed by atoms with Crippen molar-refractivity contribution in [1.29, 1.82) is 0 Å². The Hall–Kier alpha value is -3.12. The first-order valence-corrected chi connectivity index (χ1v) is 14.0. The molecule has 4 aromatic heterocycles. The minimum atomic E-state index is -0.628. The van der Waals surface area contributed by atoms with E-state index in [9.17, 15) is 4.79 Å². The Kier molecular flexibility index (Phi) is 6.55. The number of morpholine rings is 1. The van der Waals surface area contributed by atoms with E-state index in [-0.39, 0.29) is 5.91 Å². The molecule has 10 nitrogen and oxygen atoms in total. The number of amides is 1. The van der Waals surface area contributed by atoms with Gasteiger partial charge in [-0.25, -0.2) is 15.0 Å². The number of primary amides is 1. The van der Waals surface area contributed by atoms with Crippen molar-refractivity contribution in [2.24, 2.45) is 5.73 Å². The number of nitrogens with zero attached hydrogens (tertiary/aromatic N) is 6. The van der Waals surface area contributed by atoms with Crippen LogP contribution in [-0.4, -0.2) is 93.7 Å². The molecular formula is C27H34N8O2S. The fraction of sp³-hybridized carbons (Fsp3) is 0.481. The highest BCUT2D eigenvalue weighted by Crippen LogP contribution is 2.36. The minimum Gasteiger partial charge on any atom is -0.378 e. The summed E-state index contributed by atoms with van der Waals surface area (Å²) in [6.45, 7) is 13.0. The highest BCUT2D eigenvalue weighted by Gasteiger charge is 2.34. The third-order valence-corrected chi connectivity index (χ3v) is 8.85. The summed E-state index contributed by atoms with van der Waals surface area (Å²) in [6.07, 6.45) is 1.93. The van der Waals surface area contributed by atoms with Gasteiger partial charge < -0.3 is 20.4 Å². The summed E-state index contributed by atoms with van der Waals surface area (Å²) in [4.78, 5) is 38.4. The lowest BCUT2D eigenvalue weighted by atomic mass is 10.0. The number of aryl methyl sites for hydroxylation is 1. The quantitative estimate of drug-likeness (QED) is 0.388. The van der Waals surface area contributed by atoms with E-state index in [1.807, 2.05) is 39.1 Å². The van der Waals surface area contributed by atoms with E-state index in [1.165, 1.54) is 4.88 Å². The highest BCUT2D eigenvalue weighted by atomic mass is 32.1. The first-order chi connectivity index (χ1) is 18.3. The van der Waals surface area contributed by atoms with Gasteiger partial charge in [-0.3, -0.25) is 14.6 Å². The Morgan fingerprint density at radius 2 is 1.87 bits per heavy atom. The molecule has 0 spiro atoms. The van der Waals surface area contributed by atoms with Crippen molar-refractivity contribution < 1.29 is 9.53 Å². The number of ether oxygens (including phenoxy) is 1. The van der Waals surface area contributed by atoms with Crippen LogP contribution in [0.3, 0.4) is 0 Å². The molecule has 0 unspecified atom stereocenters. The SMILES string of the molecule is Cc1cc2[nH]ccc2c(-c2nc(N3CCOCC3)c3sc(CN4CCN(C(C)(C)C(N)=O)CC4)cc3n2)n1. The number of carbonyl (C=O) groups excluding carboxylic acids is 1. The summed E-state index contributed by atoms with van der Waals surface area (Å²) < 4.78 is 6.73. The largest absolute Gasteiger partial charge is 0.378 e. The van der Waals surface area contributed by atoms with Crippen LogP contribution in [0.25, 0.3) is 32.6 Å². The summed E-state index contributed by atoms with van der Waals surface area (Å²) in [5.41, 5.74) is 8.74. The number of hydrogen-bond donors (Lipinski definition) is 2. The van der Waals surface area contributed by atoms with Gasteiger partial charge in [0.25, 0.3) is 0 Å². The zero-order chi connectivity index (χ0) is 26.4. The Labute approximate surface area is 225 Å². The van der Waals surface area contributed by atoms with E-state index in [1.54, 1.807) is 11.3 Å². The van der Waals surface area contributed by atoms with Crippen molar-refractivity contribution in [2.45, 2.75) is 32.9 Å². The van der Waals surface area contributed by atoms with E-state index < -0.39 is 5.54 Å². The van der Waals surface area contributed by atoms with Gasteiger partial charge in [-0.2, -0.15) is 0 Å². The van der Waals surface area contributed by atoms with Crippen molar-refractivity contribution in [3.63, 3.8) is 0 Å². The van der Waals surface area contributed by atoms with Crippen LogP contribution < -0.4 is 10.6 Å². The number of fused-ring (bicyclic) bond motifs is 2. The molecule has 0 atom stereocenters. The number of nitrogens with two attached hydrogens (primary N) is 1. The third kappa shape index (κ3) is 4.64. The van der Waals surface area contributed by atoms with Gasteiger partial charge in [-0.05, 0) is 39.0 Å². The molecule has 0 aliphatic carbocycles. The second-order valence-electron chi connectivity index (χ2n) is 10.6. The molecule has 1 amide bonds. The summed E-state index contributed by atoms with van der Waals surface area (Å²) in [5.74, 6) is 1.34. The normalized spacial score (nSPS) is 18.0. The molecule has 2 aliphatic heterocycles. The van der Waals surface area contributed by atoms with Crippen molar-refractivity contribution in [1.82, 2.24) is 29.7 Å². The van der Waals surface area contributed by atoms with Crippen LogP contribution in [-0.2, 0) is 16.1 Å². The molecule has 6 rings (SSSR count). The number of hydrogen-bond acceptors (Lipinski definition) is 9. The average Bonchev–Trinajstić information content (AvgIpc) is 3.54. The van der Waals surface area contributed by atoms with Crippen molar-refractivity contribution in [3.8, 4) is 11.5 Å². The molecule has 200 valence electrons. The topological polar surface area (TPSA) is 116 Å². The Bertz CT molecular complexity index is 1480. The zero-order valence-electron chi connectivity index (χ0n) is 22.2. The molecule has 2 saturated heterocycles. The molecule has 11 heteroatoms. The van der Waals surface area contributed by atoms with Crippen LogP contribution in [0.15, 0.2) is 24.4 Å². The number of anilines is 1. The van der Waals surface area contributed by atoms with E-state index in [2.05, 4.69) is 25.8 Å². The van der Waals surface area contributed by atoms with Crippen LogP contribution in [0.4, 0.5) is 5.82 Å². The van der Waals surface area contributed by atoms with E-state index in [0.29, 0.717) is 19.0 Å². The summed E-state index contributed by atoms with van der Waals surface area (Å²) in [7, 11) is 0. The fourth-order valence-corrected chi connectivity index (χ4v) is 6.49. The summed E-state index contributed by atoms with van der Waals surface area (Å²) in [6, 6.07) is 6.30. The lowest BCUT2D eigenvalue weighted by Gasteiger charge is -2.42. The number of aromatic nitrogens is 4. The minimum absolute atomic E-state index is 0.277.